The summed E-state index contributed by atoms with van der Waals surface area (Å²) in [5.74, 6) is 0.0590. The van der Waals surface area contributed by atoms with Crippen LogP contribution in [0, 0.1) is 0 Å². The second-order valence-corrected chi connectivity index (χ2v) is 5.11. The van der Waals surface area contributed by atoms with Crippen LogP contribution >= 0.6 is 0 Å². The summed E-state index contributed by atoms with van der Waals surface area (Å²) in [6.07, 6.45) is 0.854. The second kappa shape index (κ2) is 4.67. The Hall–Kier alpha value is -2.30. The normalized spacial score (nSPS) is 13.3. The molecule has 1 aromatic carbocycles. The Labute approximate surface area is 116 Å². The number of rotatable bonds is 3. The van der Waals surface area contributed by atoms with Gasteiger partial charge in [-0.15, -0.1) is 0 Å². The standard InChI is InChI=1S/C15H15NO4/c1-8(2)12-13(15(17)18)20-14(16-12)10-3-4-11-9(7-10)5-6-19-11/h3-4,7-8H,5-6H2,1-2H3,(H,17,18). The Balaban J connectivity index is 2.06. The zero-order valence-corrected chi connectivity index (χ0v) is 11.3. The first-order chi connectivity index (χ1) is 9.56. The fourth-order valence-electron chi connectivity index (χ4n) is 2.32. The lowest BCUT2D eigenvalue weighted by Gasteiger charge is -2.00. The molecular formula is C15H15NO4. The monoisotopic (exact) mass is 273 g/mol. The van der Waals surface area contributed by atoms with Crippen LogP contribution in [0.5, 0.6) is 5.75 Å². The molecule has 3 rings (SSSR count). The van der Waals surface area contributed by atoms with E-state index in [0.29, 0.717) is 18.2 Å². The first-order valence-corrected chi connectivity index (χ1v) is 6.56. The number of carboxylic acid groups (broad SMARTS) is 1. The minimum atomic E-state index is -1.09. The van der Waals surface area contributed by atoms with Crippen molar-refractivity contribution >= 4 is 5.97 Å². The molecule has 2 aromatic rings. The number of aromatic carboxylic acids is 1. The van der Waals surface area contributed by atoms with Gasteiger partial charge in [-0.1, -0.05) is 13.8 Å². The van der Waals surface area contributed by atoms with Crippen LogP contribution in [0.25, 0.3) is 11.5 Å². The van der Waals surface area contributed by atoms with E-state index in [2.05, 4.69) is 4.98 Å². The Kier molecular flexibility index (Phi) is 2.97. The van der Waals surface area contributed by atoms with Crippen LogP contribution in [0.4, 0.5) is 0 Å². The van der Waals surface area contributed by atoms with Gasteiger partial charge in [0.15, 0.2) is 0 Å². The van der Waals surface area contributed by atoms with Crippen molar-refractivity contribution in [3.63, 3.8) is 0 Å². The number of carbonyl (C=O) groups is 1. The maximum Gasteiger partial charge on any atom is 0.373 e. The quantitative estimate of drug-likeness (QED) is 0.930. The van der Waals surface area contributed by atoms with E-state index >= 15 is 0 Å². The summed E-state index contributed by atoms with van der Waals surface area (Å²) in [6.45, 7) is 4.47. The molecule has 5 nitrogen and oxygen atoms in total. The third-order valence-electron chi connectivity index (χ3n) is 3.33. The zero-order valence-electron chi connectivity index (χ0n) is 11.3. The Morgan fingerprint density at radius 1 is 1.40 bits per heavy atom. The highest BCUT2D eigenvalue weighted by Crippen LogP contribution is 2.32. The van der Waals surface area contributed by atoms with E-state index in [-0.39, 0.29) is 11.7 Å². The van der Waals surface area contributed by atoms with Crippen LogP contribution in [0.15, 0.2) is 22.6 Å². The molecule has 0 aliphatic carbocycles. The minimum Gasteiger partial charge on any atom is -0.493 e. The van der Waals surface area contributed by atoms with Crippen molar-refractivity contribution in [2.24, 2.45) is 0 Å². The highest BCUT2D eigenvalue weighted by molar-refractivity contribution is 5.86. The van der Waals surface area contributed by atoms with Gasteiger partial charge in [0.25, 0.3) is 0 Å². The fourth-order valence-corrected chi connectivity index (χ4v) is 2.32. The molecule has 0 radical (unpaired) electrons. The summed E-state index contributed by atoms with van der Waals surface area (Å²) in [7, 11) is 0. The summed E-state index contributed by atoms with van der Waals surface area (Å²) >= 11 is 0. The van der Waals surface area contributed by atoms with Crippen LogP contribution in [-0.2, 0) is 6.42 Å². The van der Waals surface area contributed by atoms with Crippen molar-refractivity contribution in [2.75, 3.05) is 6.61 Å². The lowest BCUT2D eigenvalue weighted by Crippen LogP contribution is -2.01. The molecule has 0 atom stereocenters. The third-order valence-corrected chi connectivity index (χ3v) is 3.33. The Bertz CT molecular complexity index is 673. The van der Waals surface area contributed by atoms with Gasteiger partial charge in [0.05, 0.1) is 12.3 Å². The Morgan fingerprint density at radius 3 is 2.85 bits per heavy atom. The molecule has 0 fully saturated rings. The van der Waals surface area contributed by atoms with E-state index in [1.54, 1.807) is 0 Å². The highest BCUT2D eigenvalue weighted by atomic mass is 16.5. The number of hydrogen-bond donors (Lipinski definition) is 1. The molecule has 20 heavy (non-hydrogen) atoms. The van der Waals surface area contributed by atoms with Crippen molar-refractivity contribution in [3.05, 3.63) is 35.2 Å². The number of ether oxygens (including phenoxy) is 1. The van der Waals surface area contributed by atoms with E-state index < -0.39 is 5.97 Å². The van der Waals surface area contributed by atoms with E-state index in [4.69, 9.17) is 9.15 Å². The topological polar surface area (TPSA) is 72.6 Å². The van der Waals surface area contributed by atoms with Crippen molar-refractivity contribution in [1.29, 1.82) is 0 Å². The largest absolute Gasteiger partial charge is 0.493 e. The van der Waals surface area contributed by atoms with Crippen LogP contribution < -0.4 is 4.74 Å². The summed E-state index contributed by atoms with van der Waals surface area (Å²) in [6, 6.07) is 5.66. The molecule has 0 saturated carbocycles. The van der Waals surface area contributed by atoms with Gasteiger partial charge < -0.3 is 14.3 Å². The highest BCUT2D eigenvalue weighted by Gasteiger charge is 2.23. The summed E-state index contributed by atoms with van der Waals surface area (Å²) < 4.78 is 10.9. The lowest BCUT2D eigenvalue weighted by molar-refractivity contribution is 0.0661. The van der Waals surface area contributed by atoms with Gasteiger partial charge in [-0.05, 0) is 29.7 Å². The number of oxazole rings is 1. The molecular weight excluding hydrogens is 258 g/mol. The van der Waals surface area contributed by atoms with Crippen molar-refractivity contribution < 1.29 is 19.1 Å². The smallest absolute Gasteiger partial charge is 0.373 e. The average molecular weight is 273 g/mol. The third kappa shape index (κ3) is 2.05. The predicted octanol–water partition coefficient (Wildman–Crippen LogP) is 3.10. The number of nitrogens with zero attached hydrogens (tertiary/aromatic N) is 1. The van der Waals surface area contributed by atoms with Crippen molar-refractivity contribution in [2.45, 2.75) is 26.2 Å². The van der Waals surface area contributed by atoms with E-state index in [1.165, 1.54) is 0 Å². The van der Waals surface area contributed by atoms with Gasteiger partial charge in [-0.25, -0.2) is 9.78 Å². The molecule has 0 spiro atoms. The molecule has 0 bridgehead atoms. The van der Waals surface area contributed by atoms with E-state index in [9.17, 15) is 9.90 Å². The lowest BCUT2D eigenvalue weighted by atomic mass is 10.1. The molecule has 5 heteroatoms. The van der Waals surface area contributed by atoms with Gasteiger partial charge >= 0.3 is 5.97 Å². The maximum absolute atomic E-state index is 11.2. The molecule has 0 amide bonds. The van der Waals surface area contributed by atoms with Crippen LogP contribution in [0.3, 0.4) is 0 Å². The molecule has 0 unspecified atom stereocenters. The van der Waals surface area contributed by atoms with Crippen LogP contribution in [0.2, 0.25) is 0 Å². The first kappa shape index (κ1) is 12.7. The molecule has 1 aromatic heterocycles. The number of hydrogen-bond acceptors (Lipinski definition) is 4. The van der Waals surface area contributed by atoms with Crippen molar-refractivity contribution in [3.8, 4) is 17.2 Å². The van der Waals surface area contributed by atoms with Gasteiger partial charge in [-0.3, -0.25) is 0 Å². The SMILES string of the molecule is CC(C)c1nc(-c2ccc3c(c2)CCO3)oc1C(=O)O. The van der Waals surface area contributed by atoms with E-state index in [1.807, 2.05) is 32.0 Å². The molecule has 1 aliphatic heterocycles. The molecule has 1 aliphatic rings. The maximum atomic E-state index is 11.2. The summed E-state index contributed by atoms with van der Waals surface area (Å²) in [5.41, 5.74) is 2.36. The number of aromatic nitrogens is 1. The zero-order chi connectivity index (χ0) is 14.3. The number of carboxylic acids is 1. The summed E-state index contributed by atoms with van der Waals surface area (Å²) in [5, 5.41) is 9.18. The fraction of sp³-hybridized carbons (Fsp3) is 0.333. The van der Waals surface area contributed by atoms with Gasteiger partial charge in [-0.2, -0.15) is 0 Å². The van der Waals surface area contributed by atoms with Gasteiger partial charge in [0.2, 0.25) is 11.7 Å². The summed E-state index contributed by atoms with van der Waals surface area (Å²) in [4.78, 5) is 15.5. The van der Waals surface area contributed by atoms with Gasteiger partial charge in [0, 0.05) is 12.0 Å². The van der Waals surface area contributed by atoms with Gasteiger partial charge in [0.1, 0.15) is 5.75 Å². The average Bonchev–Trinajstić information content (AvgIpc) is 3.04. The molecule has 0 saturated heterocycles. The molecule has 1 N–H and O–H groups in total. The number of benzene rings is 1. The van der Waals surface area contributed by atoms with E-state index in [0.717, 1.165) is 23.3 Å². The van der Waals surface area contributed by atoms with Crippen LogP contribution in [-0.4, -0.2) is 22.7 Å². The predicted molar refractivity (Wildman–Crippen MR) is 72.2 cm³/mol. The Morgan fingerprint density at radius 2 is 2.20 bits per heavy atom. The van der Waals surface area contributed by atoms with Crippen LogP contribution in [0.1, 0.15) is 41.6 Å². The second-order valence-electron chi connectivity index (χ2n) is 5.11. The molecule has 104 valence electrons. The minimum absolute atomic E-state index is 0.00337. The first-order valence-electron chi connectivity index (χ1n) is 6.56. The molecule has 2 heterocycles. The number of fused-ring (bicyclic) bond motifs is 1. The van der Waals surface area contributed by atoms with Crippen molar-refractivity contribution in [1.82, 2.24) is 4.98 Å².